The van der Waals surface area contributed by atoms with Gasteiger partial charge in [0.25, 0.3) is 0 Å². The van der Waals surface area contributed by atoms with Crippen molar-refractivity contribution >= 4 is 41.9 Å². The first-order valence-electron chi connectivity index (χ1n) is 33.6. The molecule has 0 bridgehead atoms. The zero-order chi connectivity index (χ0) is 66.0. The summed E-state index contributed by atoms with van der Waals surface area (Å²) < 4.78 is 2.35. The molecule has 0 saturated carbocycles. The molecule has 15 aromatic carbocycles. The first-order valence-corrected chi connectivity index (χ1v) is 36.9. The summed E-state index contributed by atoms with van der Waals surface area (Å²) in [6.45, 7) is 0. The number of hydrogen-bond donors (Lipinski definition) is 0. The molecule has 2 heterocycles. The summed E-state index contributed by atoms with van der Waals surface area (Å²) in [6, 6.07) is 150. The maximum absolute atomic E-state index is 6.02. The lowest BCUT2D eigenvalue weighted by molar-refractivity contribution is 1.04. The van der Waals surface area contributed by atoms with Gasteiger partial charge in [-0.05, 0) is 165 Å². The van der Waals surface area contributed by atoms with Crippen LogP contribution < -0.4 is 0 Å². The van der Waals surface area contributed by atoms with Gasteiger partial charge in [-0.3, -0.25) is 4.57 Å². The largest absolute Gasteiger partial charge is 0.294 e. The van der Waals surface area contributed by atoms with Gasteiger partial charge in [-0.1, -0.05) is 291 Å². The van der Waals surface area contributed by atoms with Crippen LogP contribution in [0.1, 0.15) is 0 Å². The highest BCUT2D eigenvalue weighted by atomic mass is 32.3. The second-order valence-corrected chi connectivity index (χ2v) is 31.1. The minimum Gasteiger partial charge on any atom is -0.294 e. The maximum Gasteiger partial charge on any atom is 0.162 e. The summed E-state index contributed by atoms with van der Waals surface area (Å²) in [7, 11) is -5.18. The lowest BCUT2D eigenvalue weighted by Crippen LogP contribution is -2.10. The van der Waals surface area contributed by atoms with Gasteiger partial charge in [0, 0.05) is 67.1 Å². The quantitative estimate of drug-likeness (QED) is 0.0965. The van der Waals surface area contributed by atoms with E-state index in [-0.39, 0.29) is 0 Å². The molecule has 17 aromatic rings. The first-order chi connectivity index (χ1) is 49.1. The average Bonchev–Trinajstić information content (AvgIpc) is 1.38. The van der Waals surface area contributed by atoms with Crippen LogP contribution >= 0.6 is 20.1 Å². The third-order valence-electron chi connectivity index (χ3n) is 19.0. The average molecular weight is 1300 g/mol. The molecule has 3 nitrogen and oxygen atoms in total. The monoisotopic (exact) mass is 1300 g/mol. The van der Waals surface area contributed by atoms with Crippen molar-refractivity contribution in [3.05, 3.63) is 406 Å². The van der Waals surface area contributed by atoms with Gasteiger partial charge in [0.05, 0.1) is 16.7 Å². The summed E-state index contributed by atoms with van der Waals surface area (Å²) in [5.74, 6) is 1.37. The fourth-order valence-corrected chi connectivity index (χ4v) is 22.4. The van der Waals surface area contributed by atoms with Gasteiger partial charge in [0.1, 0.15) is 5.82 Å². The van der Waals surface area contributed by atoms with Crippen LogP contribution in [0, 0.1) is 0 Å². The van der Waals surface area contributed by atoms with Gasteiger partial charge in [-0.15, -0.1) is 20.1 Å². The van der Waals surface area contributed by atoms with Crippen molar-refractivity contribution < 1.29 is 0 Å². The summed E-state index contributed by atoms with van der Waals surface area (Å²) in [5.41, 5.74) is 16.2. The summed E-state index contributed by atoms with van der Waals surface area (Å²) in [4.78, 5) is 21.4. The Balaban J connectivity index is 1.06. The smallest absolute Gasteiger partial charge is 0.162 e. The number of rotatable bonds is 16. The molecule has 2 aromatic heterocycles. The Morgan fingerprint density at radius 3 is 0.818 bits per heavy atom. The molecule has 0 aliphatic carbocycles. The molecule has 0 fully saturated rings. The lowest BCUT2D eigenvalue weighted by Gasteiger charge is -2.46. The number of hydrogen-bond acceptors (Lipinski definition) is 2. The van der Waals surface area contributed by atoms with E-state index in [9.17, 15) is 0 Å². The van der Waals surface area contributed by atoms with E-state index in [1.807, 2.05) is 0 Å². The zero-order valence-corrected chi connectivity index (χ0v) is 56.0. The summed E-state index contributed by atoms with van der Waals surface area (Å²) >= 11 is 0. The molecule has 0 spiro atoms. The molecule has 0 radical (unpaired) electrons. The van der Waals surface area contributed by atoms with Gasteiger partial charge in [-0.2, -0.15) is 0 Å². The van der Waals surface area contributed by atoms with Crippen molar-refractivity contribution in [2.45, 2.75) is 39.2 Å². The highest BCUT2D eigenvalue weighted by molar-refractivity contribution is 8.34. The van der Waals surface area contributed by atoms with Crippen LogP contribution in [0.4, 0.5) is 0 Å². The van der Waals surface area contributed by atoms with Crippen molar-refractivity contribution in [1.29, 1.82) is 0 Å². The molecule has 5 heteroatoms. The van der Waals surface area contributed by atoms with Gasteiger partial charge in [0.15, 0.2) is 5.82 Å². The molecule has 0 aliphatic rings. The molecule has 0 unspecified atom stereocenters. The molecule has 0 amide bonds. The van der Waals surface area contributed by atoms with E-state index in [4.69, 9.17) is 9.97 Å². The fourth-order valence-electron chi connectivity index (χ4n) is 14.4. The van der Waals surface area contributed by atoms with Crippen LogP contribution in [-0.4, -0.2) is 14.5 Å². The van der Waals surface area contributed by atoms with Crippen molar-refractivity contribution in [3.8, 4) is 84.1 Å². The third kappa shape index (κ3) is 11.2. The molecular formula is C94H67N3S2. The number of aromatic nitrogens is 3. The molecule has 0 atom stereocenters. The van der Waals surface area contributed by atoms with Gasteiger partial charge >= 0.3 is 0 Å². The van der Waals surface area contributed by atoms with Crippen LogP contribution in [0.5, 0.6) is 0 Å². The van der Waals surface area contributed by atoms with Crippen LogP contribution in [0.15, 0.2) is 446 Å². The Hall–Kier alpha value is -12.1. The third-order valence-corrected chi connectivity index (χ3v) is 26.7. The van der Waals surface area contributed by atoms with Crippen LogP contribution in [0.2, 0.25) is 0 Å². The fraction of sp³-hybridized carbons (Fsp3) is 0. The summed E-state index contributed by atoms with van der Waals surface area (Å²) in [6.07, 6.45) is 0. The SMILES string of the molecule is c1ccc(-c2cccc(-c3cc(-n4c5ccccc5c5ccccc54)nc(-c4cc(S(c5ccccc5)(c5cccc(-c6ccccc6)c5)c5cccc(-c6ccccc6)c5)cc(S(c5ccccc5)(c5cccc(-c6ccccc6)c5)c5cccc(-c6ccccc6)c5)c4)n3)c2)cc1. The Kier molecular flexibility index (Phi) is 16.2. The van der Waals surface area contributed by atoms with Crippen LogP contribution in [0.25, 0.3) is 106 Å². The van der Waals surface area contributed by atoms with E-state index in [0.29, 0.717) is 5.82 Å². The zero-order valence-electron chi connectivity index (χ0n) is 54.3. The molecule has 0 aliphatic heterocycles. The molecular weight excluding hydrogens is 1240 g/mol. The van der Waals surface area contributed by atoms with Gasteiger partial charge in [-0.25, -0.2) is 9.97 Å². The standard InChI is InChI=1S/C94H67N3S2/c1-8-31-68(32-9-1)73-41-26-46-78(59-73)90-67-93(97-91-57-24-22-55-88(91)89-56-23-25-58-92(89)97)96-94(95-90)79-64-86(98(80-47-18-6-19-48-80,82-51-27-42-74(60-82)69-33-10-2-11-34-69)83-52-28-43-75(61-83)70-35-12-3-13-36-70)66-87(65-79)99(81-49-20-7-21-50-81,84-53-29-44-76(62-84)71-37-14-4-15-38-71)85-54-30-45-77(63-85)72-39-16-5-17-40-72/h1-67H. The second kappa shape index (κ2) is 26.5. The molecule has 17 rings (SSSR count). The van der Waals surface area contributed by atoms with Crippen molar-refractivity contribution in [3.63, 3.8) is 0 Å². The molecule has 99 heavy (non-hydrogen) atoms. The second-order valence-electron chi connectivity index (χ2n) is 24.9. The highest BCUT2D eigenvalue weighted by Gasteiger charge is 2.40. The molecule has 0 N–H and O–H groups in total. The predicted octanol–water partition coefficient (Wildman–Crippen LogP) is 25.9. The molecule has 470 valence electrons. The minimum atomic E-state index is -2.59. The van der Waals surface area contributed by atoms with Gasteiger partial charge in [0.2, 0.25) is 0 Å². The van der Waals surface area contributed by atoms with E-state index < -0.39 is 20.1 Å². The minimum absolute atomic E-state index is 0.604. The van der Waals surface area contributed by atoms with E-state index in [0.717, 1.165) is 110 Å². The van der Waals surface area contributed by atoms with Crippen molar-refractivity contribution in [2.75, 3.05) is 0 Å². The number of benzene rings is 15. The van der Waals surface area contributed by atoms with E-state index in [1.54, 1.807) is 0 Å². The topological polar surface area (TPSA) is 30.7 Å². The predicted molar refractivity (Wildman–Crippen MR) is 414 cm³/mol. The number of fused-ring (bicyclic) bond motifs is 3. The van der Waals surface area contributed by atoms with Crippen molar-refractivity contribution in [2.24, 2.45) is 0 Å². The van der Waals surface area contributed by atoms with Gasteiger partial charge < -0.3 is 0 Å². The van der Waals surface area contributed by atoms with Crippen LogP contribution in [-0.2, 0) is 0 Å². The number of nitrogens with zero attached hydrogens (tertiary/aromatic N) is 3. The van der Waals surface area contributed by atoms with E-state index in [1.165, 1.54) is 29.4 Å². The van der Waals surface area contributed by atoms with E-state index in [2.05, 4.69) is 411 Å². The van der Waals surface area contributed by atoms with Crippen LogP contribution in [0.3, 0.4) is 0 Å². The Morgan fingerprint density at radius 2 is 0.455 bits per heavy atom. The lowest BCUT2D eigenvalue weighted by atomic mass is 10.0. The molecule has 0 saturated heterocycles. The van der Waals surface area contributed by atoms with E-state index >= 15 is 0 Å². The Bertz CT molecular complexity index is 5270. The number of para-hydroxylation sites is 2. The summed E-state index contributed by atoms with van der Waals surface area (Å²) in [5, 5.41) is 2.31. The Labute approximate surface area is 582 Å². The highest BCUT2D eigenvalue weighted by Crippen LogP contribution is 2.78. The normalized spacial score (nSPS) is 12.0. The maximum atomic E-state index is 6.02. The first kappa shape index (κ1) is 60.5. The van der Waals surface area contributed by atoms with Crippen molar-refractivity contribution in [1.82, 2.24) is 14.5 Å². The Morgan fingerprint density at radius 1 is 0.182 bits per heavy atom.